The van der Waals surface area contributed by atoms with Gasteiger partial charge in [0.1, 0.15) is 12.4 Å². The van der Waals surface area contributed by atoms with Crippen LogP contribution in [-0.4, -0.2) is 57.8 Å². The summed E-state index contributed by atoms with van der Waals surface area (Å²) in [7, 11) is 1.85. The van der Waals surface area contributed by atoms with Crippen molar-refractivity contribution in [2.75, 3.05) is 19.8 Å². The Labute approximate surface area is 224 Å². The minimum absolute atomic E-state index is 0.0658. The lowest BCUT2D eigenvalue weighted by Crippen LogP contribution is -2.33. The number of ether oxygens (including phenoxy) is 2. The average molecular weight is 551 g/mol. The van der Waals surface area contributed by atoms with Crippen LogP contribution in [-0.2, 0) is 39.5 Å². The highest BCUT2D eigenvalue weighted by atomic mass is 19.4. The maximum Gasteiger partial charge on any atom is 0.416 e. The molecule has 0 spiro atoms. The molecule has 1 atom stereocenters. The number of imide groups is 1. The maximum atomic E-state index is 13.5. The zero-order chi connectivity index (χ0) is 28.5. The Balaban J connectivity index is 1.69. The Bertz CT molecular complexity index is 1310. The largest absolute Gasteiger partial charge is 0.491 e. The number of hydrogen-bond donors (Lipinski definition) is 0. The fourth-order valence-electron chi connectivity index (χ4n) is 4.85. The molecule has 2 aliphatic heterocycles. The number of rotatable bonds is 7. The summed E-state index contributed by atoms with van der Waals surface area (Å²) in [6.45, 7) is 6.87. The van der Waals surface area contributed by atoms with Gasteiger partial charge < -0.3 is 9.47 Å². The first-order valence-electron chi connectivity index (χ1n) is 12.9. The summed E-state index contributed by atoms with van der Waals surface area (Å²) in [4.78, 5) is 42.4. The van der Waals surface area contributed by atoms with Crippen molar-refractivity contribution in [1.82, 2.24) is 14.3 Å². The van der Waals surface area contributed by atoms with E-state index >= 15 is 0 Å². The van der Waals surface area contributed by atoms with Gasteiger partial charge >= 0.3 is 6.18 Å². The molecular formula is C27H33F3N4O5. The van der Waals surface area contributed by atoms with E-state index in [1.165, 1.54) is 0 Å². The zero-order valence-electron chi connectivity index (χ0n) is 22.5. The van der Waals surface area contributed by atoms with Crippen LogP contribution in [0.2, 0.25) is 0 Å². The van der Waals surface area contributed by atoms with Crippen molar-refractivity contribution in [1.29, 1.82) is 0 Å². The molecule has 1 aromatic carbocycles. The molecule has 0 saturated carbocycles. The summed E-state index contributed by atoms with van der Waals surface area (Å²) in [5.74, 6) is -1.70. The number of carbonyl (C=O) groups excluding carboxylic acids is 3. The number of amides is 3. The third kappa shape index (κ3) is 6.43. The van der Waals surface area contributed by atoms with E-state index in [4.69, 9.17) is 9.47 Å². The predicted octanol–water partition coefficient (Wildman–Crippen LogP) is 3.59. The third-order valence-corrected chi connectivity index (χ3v) is 6.89. The number of hydrogen-bond acceptors (Lipinski definition) is 5. The Hall–Kier alpha value is -3.41. The standard InChI is InChI=1S/C27H33F3N4O5/c1-26(2,3)21-15-22(34(32(21)4)16-18-6-5-12-38-18)31-25(37)19-14-17(27(28,29)30)7-8-20(19)39-13-11-33-23(35)9-10-24(33)36/h7-8,14-15,18H,5-6,9-13,16H2,1-4H3/b31-22+/t18-/m1/s1. The Morgan fingerprint density at radius 1 is 1.13 bits per heavy atom. The minimum Gasteiger partial charge on any atom is -0.491 e. The molecule has 9 nitrogen and oxygen atoms in total. The van der Waals surface area contributed by atoms with Crippen LogP contribution >= 0.6 is 0 Å². The Morgan fingerprint density at radius 3 is 2.41 bits per heavy atom. The SMILES string of the molecule is Cn1c(C(C)(C)C)c/c(=N\C(=O)c2cc(C(F)(F)F)ccc2OCCN2C(=O)CCC2=O)n1C[C@H]1CCCO1. The normalized spacial score (nSPS) is 18.9. The molecule has 212 valence electrons. The molecule has 4 rings (SSSR count). The fourth-order valence-corrected chi connectivity index (χ4v) is 4.85. The number of alkyl halides is 3. The van der Waals surface area contributed by atoms with Gasteiger partial charge in [0, 0.05) is 43.7 Å². The molecule has 1 aromatic heterocycles. The van der Waals surface area contributed by atoms with Crippen molar-refractivity contribution in [3.05, 3.63) is 46.6 Å². The van der Waals surface area contributed by atoms with E-state index in [1.54, 1.807) is 10.7 Å². The van der Waals surface area contributed by atoms with Crippen LogP contribution in [0.15, 0.2) is 29.3 Å². The van der Waals surface area contributed by atoms with E-state index in [0.29, 0.717) is 24.7 Å². The quantitative estimate of drug-likeness (QED) is 0.491. The lowest BCUT2D eigenvalue weighted by atomic mass is 9.92. The Morgan fingerprint density at radius 2 is 1.82 bits per heavy atom. The van der Waals surface area contributed by atoms with Gasteiger partial charge in [0.25, 0.3) is 5.91 Å². The summed E-state index contributed by atoms with van der Waals surface area (Å²) in [5.41, 5.74) is -0.506. The van der Waals surface area contributed by atoms with E-state index in [9.17, 15) is 27.6 Å². The van der Waals surface area contributed by atoms with Crippen LogP contribution in [0.25, 0.3) is 0 Å². The predicted molar refractivity (Wildman–Crippen MR) is 134 cm³/mol. The summed E-state index contributed by atoms with van der Waals surface area (Å²) in [6.07, 6.45) is -2.75. The highest BCUT2D eigenvalue weighted by molar-refractivity contribution is 6.02. The molecule has 0 unspecified atom stereocenters. The highest BCUT2D eigenvalue weighted by Crippen LogP contribution is 2.33. The van der Waals surface area contributed by atoms with Gasteiger partial charge in [0.15, 0.2) is 5.49 Å². The molecule has 2 fully saturated rings. The van der Waals surface area contributed by atoms with Gasteiger partial charge in [-0.2, -0.15) is 18.2 Å². The van der Waals surface area contributed by atoms with E-state index in [-0.39, 0.29) is 60.6 Å². The van der Waals surface area contributed by atoms with Crippen molar-refractivity contribution in [2.24, 2.45) is 12.0 Å². The monoisotopic (exact) mass is 550 g/mol. The smallest absolute Gasteiger partial charge is 0.416 e. The first-order chi connectivity index (χ1) is 18.3. The number of benzene rings is 1. The maximum absolute atomic E-state index is 13.5. The molecule has 3 heterocycles. The fraction of sp³-hybridized carbons (Fsp3) is 0.556. The topological polar surface area (TPSA) is 95.1 Å². The lowest BCUT2D eigenvalue weighted by Gasteiger charge is -2.21. The van der Waals surface area contributed by atoms with Crippen LogP contribution in [0.3, 0.4) is 0 Å². The van der Waals surface area contributed by atoms with Crippen molar-refractivity contribution in [3.8, 4) is 5.75 Å². The van der Waals surface area contributed by atoms with Crippen LogP contribution in [0, 0.1) is 0 Å². The van der Waals surface area contributed by atoms with E-state index in [0.717, 1.165) is 35.6 Å². The molecule has 2 saturated heterocycles. The molecule has 0 N–H and O–H groups in total. The lowest BCUT2D eigenvalue weighted by molar-refractivity contribution is -0.139. The summed E-state index contributed by atoms with van der Waals surface area (Å²) >= 11 is 0. The third-order valence-electron chi connectivity index (χ3n) is 6.89. The van der Waals surface area contributed by atoms with Crippen LogP contribution in [0.5, 0.6) is 5.75 Å². The average Bonchev–Trinajstić information content (AvgIpc) is 3.56. The summed E-state index contributed by atoms with van der Waals surface area (Å²) < 4.78 is 55.7. The van der Waals surface area contributed by atoms with E-state index < -0.39 is 17.6 Å². The van der Waals surface area contributed by atoms with Gasteiger partial charge in [0.05, 0.1) is 30.3 Å². The molecule has 2 aliphatic rings. The number of carbonyl (C=O) groups is 3. The van der Waals surface area contributed by atoms with Gasteiger partial charge in [-0.1, -0.05) is 20.8 Å². The second kappa shape index (κ2) is 11.0. The van der Waals surface area contributed by atoms with E-state index in [2.05, 4.69) is 4.99 Å². The van der Waals surface area contributed by atoms with Crippen LogP contribution < -0.4 is 10.2 Å². The molecule has 0 radical (unpaired) electrons. The van der Waals surface area contributed by atoms with Crippen LogP contribution in [0.1, 0.15) is 68.1 Å². The van der Waals surface area contributed by atoms with E-state index in [1.807, 2.05) is 32.5 Å². The van der Waals surface area contributed by atoms with Gasteiger partial charge in [-0.15, -0.1) is 0 Å². The number of aromatic nitrogens is 2. The summed E-state index contributed by atoms with van der Waals surface area (Å²) in [5, 5.41) is 0. The molecule has 0 bridgehead atoms. The summed E-state index contributed by atoms with van der Waals surface area (Å²) in [6, 6.07) is 4.35. The molecule has 2 aromatic rings. The van der Waals surface area contributed by atoms with Crippen molar-refractivity contribution < 1.29 is 37.0 Å². The first-order valence-corrected chi connectivity index (χ1v) is 12.9. The van der Waals surface area contributed by atoms with Gasteiger partial charge in [0.2, 0.25) is 11.8 Å². The molecule has 12 heteroatoms. The molecule has 3 amide bonds. The van der Waals surface area contributed by atoms with Gasteiger partial charge in [-0.25, -0.2) is 0 Å². The highest BCUT2D eigenvalue weighted by Gasteiger charge is 2.33. The van der Waals surface area contributed by atoms with Crippen LogP contribution in [0.4, 0.5) is 13.2 Å². The minimum atomic E-state index is -4.69. The molecule has 0 aliphatic carbocycles. The zero-order valence-corrected chi connectivity index (χ0v) is 22.5. The Kier molecular flexibility index (Phi) is 8.06. The molecule has 39 heavy (non-hydrogen) atoms. The van der Waals surface area contributed by atoms with Crippen molar-refractivity contribution >= 4 is 17.7 Å². The number of nitrogens with zero attached hydrogens (tertiary/aromatic N) is 4. The van der Waals surface area contributed by atoms with Gasteiger partial charge in [-0.3, -0.25) is 28.6 Å². The first kappa shape index (κ1) is 28.6. The second-order valence-electron chi connectivity index (χ2n) is 10.8. The molecular weight excluding hydrogens is 517 g/mol. The van der Waals surface area contributed by atoms with Crippen molar-refractivity contribution in [2.45, 2.75) is 70.7 Å². The number of likely N-dealkylation sites (tertiary alicyclic amines) is 1. The van der Waals surface area contributed by atoms with Crippen molar-refractivity contribution in [3.63, 3.8) is 0 Å². The number of halogens is 3. The van der Waals surface area contributed by atoms with Gasteiger partial charge in [-0.05, 0) is 31.0 Å². The second-order valence-corrected chi connectivity index (χ2v) is 10.8.